The average molecular weight is 275 g/mol. The van der Waals surface area contributed by atoms with Crippen LogP contribution in [-0.2, 0) is 4.79 Å². The second-order valence-electron chi connectivity index (χ2n) is 5.31. The van der Waals surface area contributed by atoms with Crippen LogP contribution in [0.3, 0.4) is 0 Å². The van der Waals surface area contributed by atoms with Gasteiger partial charge in [-0.3, -0.25) is 4.79 Å². The molecule has 3 rings (SSSR count). The highest BCUT2D eigenvalue weighted by Crippen LogP contribution is 2.28. The third-order valence-corrected chi connectivity index (χ3v) is 4.57. The summed E-state index contributed by atoms with van der Waals surface area (Å²) in [6.07, 6.45) is 1.92. The largest absolute Gasteiger partial charge is 0.304 e. The van der Waals surface area contributed by atoms with Gasteiger partial charge in [0.05, 0.1) is 15.8 Å². The standard InChI is InChI=1S/C14H17N3OS/c1-9-4-5-10-11(8-9)19-13(16-10)17-12(18)14(2)6-3-7-15-14/h4-5,8,15H,3,6-7H2,1-2H3,(H,16,17,18). The first-order chi connectivity index (χ1) is 9.07. The zero-order valence-corrected chi connectivity index (χ0v) is 11.9. The molecule has 0 bridgehead atoms. The minimum Gasteiger partial charge on any atom is -0.304 e. The van der Waals surface area contributed by atoms with Crippen LogP contribution < -0.4 is 10.6 Å². The van der Waals surface area contributed by atoms with Crippen LogP contribution in [0.5, 0.6) is 0 Å². The number of aromatic nitrogens is 1. The Kier molecular flexibility index (Phi) is 3.03. The highest BCUT2D eigenvalue weighted by molar-refractivity contribution is 7.22. The number of carbonyl (C=O) groups excluding carboxylic acids is 1. The number of amides is 1. The maximum atomic E-state index is 12.3. The maximum absolute atomic E-state index is 12.3. The topological polar surface area (TPSA) is 54.0 Å². The smallest absolute Gasteiger partial charge is 0.246 e. The number of hydrogen-bond donors (Lipinski definition) is 2. The van der Waals surface area contributed by atoms with Gasteiger partial charge in [-0.2, -0.15) is 0 Å². The van der Waals surface area contributed by atoms with Crippen molar-refractivity contribution in [3.8, 4) is 0 Å². The van der Waals surface area contributed by atoms with Crippen LogP contribution in [0, 0.1) is 6.92 Å². The summed E-state index contributed by atoms with van der Waals surface area (Å²) >= 11 is 1.53. The molecule has 1 aliphatic heterocycles. The van der Waals surface area contributed by atoms with E-state index in [0.29, 0.717) is 5.13 Å². The number of fused-ring (bicyclic) bond motifs is 1. The minimum absolute atomic E-state index is 0.0146. The van der Waals surface area contributed by atoms with E-state index in [2.05, 4.69) is 28.6 Å². The lowest BCUT2D eigenvalue weighted by Crippen LogP contribution is -2.47. The number of thiazole rings is 1. The van der Waals surface area contributed by atoms with Crippen molar-refractivity contribution in [1.82, 2.24) is 10.3 Å². The van der Waals surface area contributed by atoms with E-state index >= 15 is 0 Å². The molecule has 100 valence electrons. The first-order valence-corrected chi connectivity index (χ1v) is 7.32. The second-order valence-corrected chi connectivity index (χ2v) is 6.34. The SMILES string of the molecule is Cc1ccc2nc(NC(=O)C3(C)CCCN3)sc2c1. The molecule has 1 aromatic heterocycles. The van der Waals surface area contributed by atoms with Crippen LogP contribution in [0.25, 0.3) is 10.2 Å². The number of carbonyl (C=O) groups is 1. The van der Waals surface area contributed by atoms with Crippen molar-refractivity contribution < 1.29 is 4.79 Å². The summed E-state index contributed by atoms with van der Waals surface area (Å²) in [5.41, 5.74) is 1.70. The highest BCUT2D eigenvalue weighted by Gasteiger charge is 2.36. The molecule has 5 heteroatoms. The van der Waals surface area contributed by atoms with Gasteiger partial charge in [-0.05, 0) is 50.9 Å². The Labute approximate surface area is 116 Å². The number of nitrogens with one attached hydrogen (secondary N) is 2. The molecule has 1 unspecified atom stereocenters. The van der Waals surface area contributed by atoms with E-state index < -0.39 is 5.54 Å². The first kappa shape index (κ1) is 12.6. The number of hydrogen-bond acceptors (Lipinski definition) is 4. The van der Waals surface area contributed by atoms with Crippen LogP contribution >= 0.6 is 11.3 Å². The van der Waals surface area contributed by atoms with Gasteiger partial charge in [-0.25, -0.2) is 4.98 Å². The quantitative estimate of drug-likeness (QED) is 0.886. The van der Waals surface area contributed by atoms with E-state index in [4.69, 9.17) is 0 Å². The van der Waals surface area contributed by atoms with Gasteiger partial charge >= 0.3 is 0 Å². The minimum atomic E-state index is -0.451. The monoisotopic (exact) mass is 275 g/mol. The van der Waals surface area contributed by atoms with Crippen LogP contribution in [0.1, 0.15) is 25.3 Å². The lowest BCUT2D eigenvalue weighted by molar-refractivity contribution is -0.121. The van der Waals surface area contributed by atoms with E-state index in [9.17, 15) is 4.79 Å². The number of aryl methyl sites for hydroxylation is 1. The molecule has 2 N–H and O–H groups in total. The number of rotatable bonds is 2. The van der Waals surface area contributed by atoms with Crippen molar-refractivity contribution >= 4 is 32.6 Å². The summed E-state index contributed by atoms with van der Waals surface area (Å²) in [6, 6.07) is 6.12. The molecule has 2 aromatic rings. The fraction of sp³-hybridized carbons (Fsp3) is 0.429. The first-order valence-electron chi connectivity index (χ1n) is 6.50. The normalized spacial score (nSPS) is 22.8. The van der Waals surface area contributed by atoms with Gasteiger partial charge in [0, 0.05) is 0 Å². The van der Waals surface area contributed by atoms with E-state index in [1.54, 1.807) is 0 Å². The number of anilines is 1. The van der Waals surface area contributed by atoms with Gasteiger partial charge in [0.15, 0.2) is 5.13 Å². The Balaban J connectivity index is 1.83. The zero-order chi connectivity index (χ0) is 13.5. The molecule has 0 aliphatic carbocycles. The zero-order valence-electron chi connectivity index (χ0n) is 11.1. The summed E-state index contributed by atoms with van der Waals surface area (Å²) in [5, 5.41) is 6.88. The van der Waals surface area contributed by atoms with Crippen LogP contribution in [0.15, 0.2) is 18.2 Å². The molecule has 0 radical (unpaired) electrons. The van der Waals surface area contributed by atoms with Crippen LogP contribution in [-0.4, -0.2) is 23.0 Å². The van der Waals surface area contributed by atoms with Crippen molar-refractivity contribution in [1.29, 1.82) is 0 Å². The highest BCUT2D eigenvalue weighted by atomic mass is 32.1. The molecule has 0 saturated carbocycles. The third-order valence-electron chi connectivity index (χ3n) is 3.63. The molecule has 2 heterocycles. The molecule has 4 nitrogen and oxygen atoms in total. The van der Waals surface area contributed by atoms with Crippen molar-refractivity contribution in [2.75, 3.05) is 11.9 Å². The molecule has 1 saturated heterocycles. The van der Waals surface area contributed by atoms with Crippen LogP contribution in [0.2, 0.25) is 0 Å². The van der Waals surface area contributed by atoms with E-state index in [1.807, 2.05) is 19.1 Å². The Morgan fingerprint density at radius 1 is 1.53 bits per heavy atom. The van der Waals surface area contributed by atoms with Gasteiger partial charge in [0.1, 0.15) is 0 Å². The molecular weight excluding hydrogens is 258 g/mol. The fourth-order valence-corrected chi connectivity index (χ4v) is 3.37. The lowest BCUT2D eigenvalue weighted by atomic mass is 10.00. The van der Waals surface area contributed by atoms with E-state index in [0.717, 1.165) is 29.6 Å². The summed E-state index contributed by atoms with van der Waals surface area (Å²) in [4.78, 5) is 16.7. The Bertz CT molecular complexity index is 629. The molecule has 1 aliphatic rings. The molecule has 0 spiro atoms. The number of benzene rings is 1. The lowest BCUT2D eigenvalue weighted by Gasteiger charge is -2.21. The van der Waals surface area contributed by atoms with Gasteiger partial charge in [-0.15, -0.1) is 0 Å². The van der Waals surface area contributed by atoms with E-state index in [1.165, 1.54) is 16.9 Å². The summed E-state index contributed by atoms with van der Waals surface area (Å²) in [7, 11) is 0. The van der Waals surface area contributed by atoms with Crippen molar-refractivity contribution in [3.05, 3.63) is 23.8 Å². The van der Waals surface area contributed by atoms with E-state index in [-0.39, 0.29) is 5.91 Å². The van der Waals surface area contributed by atoms with Gasteiger partial charge < -0.3 is 10.6 Å². The Hall–Kier alpha value is -1.46. The fourth-order valence-electron chi connectivity index (χ4n) is 2.41. The predicted molar refractivity (Wildman–Crippen MR) is 78.6 cm³/mol. The molecule has 1 fully saturated rings. The molecule has 1 amide bonds. The summed E-state index contributed by atoms with van der Waals surface area (Å²) < 4.78 is 1.11. The number of nitrogens with zero attached hydrogens (tertiary/aromatic N) is 1. The average Bonchev–Trinajstić information content (AvgIpc) is 2.95. The van der Waals surface area contributed by atoms with Crippen molar-refractivity contribution in [2.45, 2.75) is 32.2 Å². The predicted octanol–water partition coefficient (Wildman–Crippen LogP) is 2.69. The van der Waals surface area contributed by atoms with Crippen molar-refractivity contribution in [3.63, 3.8) is 0 Å². The van der Waals surface area contributed by atoms with Gasteiger partial charge in [0.25, 0.3) is 0 Å². The maximum Gasteiger partial charge on any atom is 0.246 e. The Morgan fingerprint density at radius 3 is 3.11 bits per heavy atom. The summed E-state index contributed by atoms with van der Waals surface area (Å²) in [6.45, 7) is 4.91. The molecular formula is C14H17N3OS. The van der Waals surface area contributed by atoms with Crippen molar-refractivity contribution in [2.24, 2.45) is 0 Å². The van der Waals surface area contributed by atoms with Gasteiger partial charge in [0.2, 0.25) is 5.91 Å². The summed E-state index contributed by atoms with van der Waals surface area (Å²) in [5.74, 6) is 0.0146. The Morgan fingerprint density at radius 2 is 2.37 bits per heavy atom. The third kappa shape index (κ3) is 2.35. The molecule has 1 atom stereocenters. The molecule has 1 aromatic carbocycles. The molecule has 19 heavy (non-hydrogen) atoms. The van der Waals surface area contributed by atoms with Crippen LogP contribution in [0.4, 0.5) is 5.13 Å². The van der Waals surface area contributed by atoms with Gasteiger partial charge in [-0.1, -0.05) is 17.4 Å². The second kappa shape index (κ2) is 4.58.